The molecule has 20 heavy (non-hydrogen) atoms. The van der Waals surface area contributed by atoms with Crippen LogP contribution >= 0.6 is 23.2 Å². The van der Waals surface area contributed by atoms with Gasteiger partial charge in [-0.3, -0.25) is 9.59 Å². The van der Waals surface area contributed by atoms with Crippen molar-refractivity contribution in [3.8, 4) is 0 Å². The molecule has 0 aliphatic rings. The van der Waals surface area contributed by atoms with Gasteiger partial charge in [-0.25, -0.2) is 0 Å². The van der Waals surface area contributed by atoms with E-state index >= 15 is 0 Å². The summed E-state index contributed by atoms with van der Waals surface area (Å²) in [6, 6.07) is 4.61. The first kappa shape index (κ1) is 16.8. The zero-order chi connectivity index (χ0) is 15.1. The number of halogens is 2. The second kappa shape index (κ2) is 8.12. The number of amides is 2. The van der Waals surface area contributed by atoms with Crippen molar-refractivity contribution in [1.82, 2.24) is 10.6 Å². The summed E-state index contributed by atoms with van der Waals surface area (Å²) >= 11 is 11.7. The minimum absolute atomic E-state index is 0.0836. The van der Waals surface area contributed by atoms with Crippen molar-refractivity contribution in [2.75, 3.05) is 13.1 Å². The van der Waals surface area contributed by atoms with Gasteiger partial charge >= 0.3 is 0 Å². The van der Waals surface area contributed by atoms with Crippen molar-refractivity contribution < 1.29 is 9.59 Å². The minimum atomic E-state index is -0.420. The lowest BCUT2D eigenvalue weighted by Crippen LogP contribution is -2.37. The molecule has 0 bridgehead atoms. The van der Waals surface area contributed by atoms with Gasteiger partial charge in [0.15, 0.2) is 0 Å². The Morgan fingerprint density at radius 1 is 1.20 bits per heavy atom. The van der Waals surface area contributed by atoms with Crippen LogP contribution in [-0.2, 0) is 4.79 Å². The predicted molar refractivity (Wildman–Crippen MR) is 81.3 cm³/mol. The summed E-state index contributed by atoms with van der Waals surface area (Å²) in [6.07, 6.45) is 0.903. The molecule has 0 saturated heterocycles. The molecule has 2 N–H and O–H groups in total. The quantitative estimate of drug-likeness (QED) is 0.847. The SMILES string of the molecule is CC(C)CCNC(=O)CNC(=O)c1cc(Cl)ccc1Cl. The van der Waals surface area contributed by atoms with Gasteiger partial charge in [0.25, 0.3) is 5.91 Å². The lowest BCUT2D eigenvalue weighted by atomic mass is 10.1. The van der Waals surface area contributed by atoms with Crippen LogP contribution in [0.5, 0.6) is 0 Å². The van der Waals surface area contributed by atoms with Crippen LogP contribution in [0.4, 0.5) is 0 Å². The summed E-state index contributed by atoms with van der Waals surface area (Å²) < 4.78 is 0. The fourth-order valence-electron chi connectivity index (χ4n) is 1.49. The van der Waals surface area contributed by atoms with E-state index in [0.29, 0.717) is 22.5 Å². The fraction of sp³-hybridized carbons (Fsp3) is 0.429. The molecule has 2 amide bonds. The number of hydrogen-bond acceptors (Lipinski definition) is 2. The second-order valence-electron chi connectivity index (χ2n) is 4.84. The molecule has 0 aliphatic carbocycles. The van der Waals surface area contributed by atoms with Crippen LogP contribution in [0.25, 0.3) is 0 Å². The van der Waals surface area contributed by atoms with Crippen molar-refractivity contribution >= 4 is 35.0 Å². The molecule has 1 aromatic rings. The van der Waals surface area contributed by atoms with Crippen LogP contribution in [0.2, 0.25) is 10.0 Å². The summed E-state index contributed by atoms with van der Waals surface area (Å²) in [5.74, 6) is -0.121. The average molecular weight is 317 g/mol. The molecule has 0 aromatic heterocycles. The topological polar surface area (TPSA) is 58.2 Å². The number of carbonyl (C=O) groups excluding carboxylic acids is 2. The Labute approximate surface area is 128 Å². The molecule has 6 heteroatoms. The maximum atomic E-state index is 11.9. The van der Waals surface area contributed by atoms with E-state index in [-0.39, 0.29) is 18.0 Å². The Kier molecular flexibility index (Phi) is 6.82. The van der Waals surface area contributed by atoms with E-state index in [1.54, 1.807) is 12.1 Å². The van der Waals surface area contributed by atoms with Crippen molar-refractivity contribution in [2.45, 2.75) is 20.3 Å². The van der Waals surface area contributed by atoms with Crippen molar-refractivity contribution in [1.29, 1.82) is 0 Å². The highest BCUT2D eigenvalue weighted by Gasteiger charge is 2.12. The van der Waals surface area contributed by atoms with Gasteiger partial charge in [0, 0.05) is 11.6 Å². The van der Waals surface area contributed by atoms with Crippen LogP contribution in [0.3, 0.4) is 0 Å². The van der Waals surface area contributed by atoms with E-state index in [4.69, 9.17) is 23.2 Å². The molecule has 0 atom stereocenters. The zero-order valence-electron chi connectivity index (χ0n) is 11.5. The van der Waals surface area contributed by atoms with Crippen molar-refractivity contribution in [2.24, 2.45) is 5.92 Å². The first-order valence-corrected chi connectivity index (χ1v) is 7.15. The Morgan fingerprint density at radius 2 is 1.90 bits per heavy atom. The Morgan fingerprint density at radius 3 is 2.55 bits per heavy atom. The molecule has 0 saturated carbocycles. The minimum Gasteiger partial charge on any atom is -0.355 e. The van der Waals surface area contributed by atoms with Gasteiger partial charge in [-0.15, -0.1) is 0 Å². The molecule has 0 spiro atoms. The molecular weight excluding hydrogens is 299 g/mol. The van der Waals surface area contributed by atoms with Gasteiger partial charge < -0.3 is 10.6 Å². The molecule has 0 unspecified atom stereocenters. The maximum Gasteiger partial charge on any atom is 0.253 e. The Balaban J connectivity index is 2.43. The zero-order valence-corrected chi connectivity index (χ0v) is 13.0. The van der Waals surface area contributed by atoms with Crippen molar-refractivity contribution in [3.05, 3.63) is 33.8 Å². The molecule has 0 aliphatic heterocycles. The molecule has 4 nitrogen and oxygen atoms in total. The van der Waals surface area contributed by atoms with E-state index < -0.39 is 5.91 Å². The molecule has 0 radical (unpaired) electrons. The average Bonchev–Trinajstić information content (AvgIpc) is 2.38. The maximum absolute atomic E-state index is 11.9. The normalized spacial score (nSPS) is 10.4. The van der Waals surface area contributed by atoms with E-state index in [2.05, 4.69) is 24.5 Å². The third kappa shape index (κ3) is 5.80. The predicted octanol–water partition coefficient (Wildman–Crippen LogP) is 2.89. The standard InChI is InChI=1S/C14H18Cl2N2O2/c1-9(2)5-6-17-13(19)8-18-14(20)11-7-10(15)3-4-12(11)16/h3-4,7,9H,5-6,8H2,1-2H3,(H,17,19)(H,18,20). The van der Waals surface area contributed by atoms with Crippen molar-refractivity contribution in [3.63, 3.8) is 0 Å². The monoisotopic (exact) mass is 316 g/mol. The highest BCUT2D eigenvalue weighted by Crippen LogP contribution is 2.20. The largest absolute Gasteiger partial charge is 0.355 e. The molecule has 1 rings (SSSR count). The second-order valence-corrected chi connectivity index (χ2v) is 5.68. The first-order chi connectivity index (χ1) is 9.40. The molecule has 0 heterocycles. The van der Waals surface area contributed by atoms with Crippen LogP contribution in [0, 0.1) is 5.92 Å². The number of carbonyl (C=O) groups is 2. The smallest absolute Gasteiger partial charge is 0.253 e. The lowest BCUT2D eigenvalue weighted by molar-refractivity contribution is -0.120. The highest BCUT2D eigenvalue weighted by molar-refractivity contribution is 6.35. The molecule has 1 aromatic carbocycles. The van der Waals surface area contributed by atoms with Gasteiger partial charge in [0.05, 0.1) is 17.1 Å². The number of nitrogens with one attached hydrogen (secondary N) is 2. The highest BCUT2D eigenvalue weighted by atomic mass is 35.5. The van der Waals surface area contributed by atoms with Crippen LogP contribution in [0.1, 0.15) is 30.6 Å². The summed E-state index contributed by atoms with van der Waals surface area (Å²) in [5, 5.41) is 5.96. The van der Waals surface area contributed by atoms with Crippen LogP contribution in [-0.4, -0.2) is 24.9 Å². The molecule has 0 fully saturated rings. The van der Waals surface area contributed by atoms with E-state index in [9.17, 15) is 9.59 Å². The number of hydrogen-bond donors (Lipinski definition) is 2. The van der Waals surface area contributed by atoms with Crippen LogP contribution in [0.15, 0.2) is 18.2 Å². The van der Waals surface area contributed by atoms with E-state index in [0.717, 1.165) is 6.42 Å². The molecular formula is C14H18Cl2N2O2. The fourth-order valence-corrected chi connectivity index (χ4v) is 1.87. The summed E-state index contributed by atoms with van der Waals surface area (Å²) in [5.41, 5.74) is 0.258. The van der Waals surface area contributed by atoms with Gasteiger partial charge in [-0.05, 0) is 30.5 Å². The summed E-state index contributed by atoms with van der Waals surface area (Å²) in [4.78, 5) is 23.4. The van der Waals surface area contributed by atoms with Gasteiger partial charge in [-0.2, -0.15) is 0 Å². The molecule has 110 valence electrons. The van der Waals surface area contributed by atoms with Gasteiger partial charge in [-0.1, -0.05) is 37.0 Å². The third-order valence-corrected chi connectivity index (χ3v) is 3.19. The van der Waals surface area contributed by atoms with Crippen LogP contribution < -0.4 is 10.6 Å². The summed E-state index contributed by atoms with van der Waals surface area (Å²) in [6.45, 7) is 4.67. The van der Waals surface area contributed by atoms with E-state index in [1.807, 2.05) is 0 Å². The van der Waals surface area contributed by atoms with Gasteiger partial charge in [0.1, 0.15) is 0 Å². The number of rotatable bonds is 6. The first-order valence-electron chi connectivity index (χ1n) is 6.40. The Hall–Kier alpha value is -1.26. The Bertz CT molecular complexity index is 490. The lowest BCUT2D eigenvalue weighted by Gasteiger charge is -2.09. The number of benzene rings is 1. The van der Waals surface area contributed by atoms with E-state index in [1.165, 1.54) is 6.07 Å². The third-order valence-electron chi connectivity index (χ3n) is 2.63. The summed E-state index contributed by atoms with van der Waals surface area (Å²) in [7, 11) is 0. The van der Waals surface area contributed by atoms with Gasteiger partial charge in [0.2, 0.25) is 5.91 Å².